The number of hydrogen-bond acceptors (Lipinski definition) is 4. The molecule has 7 rings (SSSR count). The molecule has 0 radical (unpaired) electrons. The monoisotopic (exact) mass is 775 g/mol. The molecule has 2 unspecified atom stereocenters. The minimum atomic E-state index is -4.74. The van der Waals surface area contributed by atoms with Gasteiger partial charge >= 0.3 is 6.18 Å². The normalized spacial score (nSPS) is 18.9. The van der Waals surface area contributed by atoms with Crippen molar-refractivity contribution in [1.29, 1.82) is 0 Å². The summed E-state index contributed by atoms with van der Waals surface area (Å²) >= 11 is 6.98. The summed E-state index contributed by atoms with van der Waals surface area (Å²) in [4.78, 5) is 18.9. The molecule has 6 nitrogen and oxygen atoms in total. The molecule has 1 fully saturated rings. The summed E-state index contributed by atoms with van der Waals surface area (Å²) in [6.45, 7) is 4.10. The molecule has 0 spiro atoms. The van der Waals surface area contributed by atoms with Gasteiger partial charge in [0.15, 0.2) is 17.0 Å². The van der Waals surface area contributed by atoms with Crippen molar-refractivity contribution < 1.29 is 18.0 Å². The molecule has 1 aliphatic carbocycles. The number of carbonyl (C=O) groups excluding carboxylic acids is 1. The van der Waals surface area contributed by atoms with E-state index in [4.69, 9.17) is 5.10 Å². The minimum absolute atomic E-state index is 0.0728. The van der Waals surface area contributed by atoms with Crippen LogP contribution < -0.4 is 0 Å². The van der Waals surface area contributed by atoms with Gasteiger partial charge < -0.3 is 0 Å². The van der Waals surface area contributed by atoms with Gasteiger partial charge in [0.25, 0.3) is 5.91 Å². The molecule has 0 saturated heterocycles. The second-order valence-corrected chi connectivity index (χ2v) is 14.3. The predicted octanol–water partition coefficient (Wildman–Crippen LogP) is 10.5. The van der Waals surface area contributed by atoms with Crippen molar-refractivity contribution in [3.05, 3.63) is 128 Å². The van der Waals surface area contributed by atoms with Gasteiger partial charge in [0.2, 0.25) is 0 Å². The molecule has 2 aliphatic rings. The third kappa shape index (κ3) is 6.25. The third-order valence-electron chi connectivity index (χ3n) is 8.94. The summed E-state index contributed by atoms with van der Waals surface area (Å²) in [7, 11) is 0. The van der Waals surface area contributed by atoms with E-state index in [0.29, 0.717) is 10.1 Å². The fourth-order valence-corrected chi connectivity index (χ4v) is 7.03. The number of hydrazone groups is 1. The summed E-state index contributed by atoms with van der Waals surface area (Å²) in [5.41, 5.74) is 4.25. The summed E-state index contributed by atoms with van der Waals surface area (Å²) in [5, 5.41) is 10.5. The molecule has 3 aromatic carbocycles. The van der Waals surface area contributed by atoms with Gasteiger partial charge in [-0.2, -0.15) is 23.4 Å². The lowest BCUT2D eigenvalue weighted by Crippen LogP contribution is -2.32. The Bertz CT molecular complexity index is 2070. The Morgan fingerprint density at radius 1 is 0.938 bits per heavy atom. The van der Waals surface area contributed by atoms with Crippen molar-refractivity contribution in [2.24, 2.45) is 11.0 Å². The molecule has 1 saturated carbocycles. The van der Waals surface area contributed by atoms with Gasteiger partial charge in [-0.15, -0.1) is 0 Å². The van der Waals surface area contributed by atoms with Gasteiger partial charge in [0, 0.05) is 26.5 Å². The Hall–Kier alpha value is -4.09. The highest BCUT2D eigenvalue weighted by Gasteiger charge is 2.45. The average molecular weight is 777 g/mol. The van der Waals surface area contributed by atoms with Crippen molar-refractivity contribution in [3.63, 3.8) is 0 Å². The van der Waals surface area contributed by atoms with Crippen molar-refractivity contribution in [1.82, 2.24) is 19.6 Å². The Labute approximate surface area is 292 Å². The maximum absolute atomic E-state index is 14.4. The number of nitrogens with zero attached hydrogens (tertiary/aromatic N) is 5. The Morgan fingerprint density at radius 2 is 1.60 bits per heavy atom. The van der Waals surface area contributed by atoms with E-state index in [-0.39, 0.29) is 28.9 Å². The Balaban J connectivity index is 1.32. The van der Waals surface area contributed by atoms with Gasteiger partial charge in [-0.1, -0.05) is 94.2 Å². The maximum Gasteiger partial charge on any atom is 0.433 e. The molecule has 5 aromatic rings. The zero-order chi connectivity index (χ0) is 33.7. The van der Waals surface area contributed by atoms with Gasteiger partial charge in [-0.05, 0) is 83.9 Å². The van der Waals surface area contributed by atoms with Crippen LogP contribution in [0.5, 0.6) is 0 Å². The first-order valence-electron chi connectivity index (χ1n) is 15.7. The largest absolute Gasteiger partial charge is 0.433 e. The van der Waals surface area contributed by atoms with Gasteiger partial charge in [0.05, 0.1) is 17.4 Å². The van der Waals surface area contributed by atoms with Crippen LogP contribution in [0.1, 0.15) is 77.9 Å². The lowest BCUT2D eigenvalue weighted by atomic mass is 9.77. The van der Waals surface area contributed by atoms with E-state index in [1.807, 2.05) is 74.5 Å². The number of hydrogen-bond donors (Lipinski definition) is 0. The van der Waals surface area contributed by atoms with Crippen LogP contribution in [0.2, 0.25) is 0 Å². The number of amides is 1. The van der Waals surface area contributed by atoms with Gasteiger partial charge in [-0.3, -0.25) is 4.79 Å². The lowest BCUT2D eigenvalue weighted by Gasteiger charge is -2.29. The SMILES string of the molecule is CC(C)c1ccc(-c2cc(C(F)(F)F)n3nc(C(=O)N4N=C5C(=Cc6ccc(Br)cc6)CCCC5C4c4ccc(Br)cc4)cc3n2)cc1. The van der Waals surface area contributed by atoms with Crippen LogP contribution in [0.25, 0.3) is 23.0 Å². The standard InChI is InChI=1S/C37H30Br2F3N5O/c1-21(2)23-8-10-24(11-9-23)30-19-32(37(40,41)42)46-33(43-30)20-31(44-46)36(48)47-35(25-12-16-28(39)17-13-25)29-5-3-4-26(34(29)45-47)18-22-6-14-27(38)15-7-22/h6-21,29,35H,3-5H2,1-2H3. The van der Waals surface area contributed by atoms with E-state index >= 15 is 0 Å². The van der Waals surface area contributed by atoms with Crippen LogP contribution in [-0.2, 0) is 6.18 Å². The molecular formula is C37H30Br2F3N5O. The van der Waals surface area contributed by atoms with E-state index in [1.54, 1.807) is 12.1 Å². The van der Waals surface area contributed by atoms with E-state index in [9.17, 15) is 18.0 Å². The fourth-order valence-electron chi connectivity index (χ4n) is 6.51. The minimum Gasteiger partial charge on any atom is -0.265 e. The van der Waals surface area contributed by atoms with Crippen molar-refractivity contribution in [2.75, 3.05) is 0 Å². The van der Waals surface area contributed by atoms with Crippen LogP contribution in [0.3, 0.4) is 0 Å². The van der Waals surface area contributed by atoms with E-state index in [2.05, 4.69) is 48.0 Å². The number of fused-ring (bicyclic) bond motifs is 2. The predicted molar refractivity (Wildman–Crippen MR) is 187 cm³/mol. The molecule has 3 heterocycles. The highest BCUT2D eigenvalue weighted by atomic mass is 79.9. The molecular weight excluding hydrogens is 747 g/mol. The van der Waals surface area contributed by atoms with Crippen LogP contribution in [-0.4, -0.2) is 31.2 Å². The number of alkyl halides is 3. The second-order valence-electron chi connectivity index (χ2n) is 12.5. The number of rotatable bonds is 5. The first kappa shape index (κ1) is 32.5. The average Bonchev–Trinajstić information content (AvgIpc) is 3.68. The highest BCUT2D eigenvalue weighted by molar-refractivity contribution is 9.10. The Kier molecular flexibility index (Phi) is 8.62. The van der Waals surface area contributed by atoms with E-state index in [1.165, 1.54) is 11.1 Å². The molecule has 2 aromatic heterocycles. The highest BCUT2D eigenvalue weighted by Crippen LogP contribution is 2.45. The second kappa shape index (κ2) is 12.7. The fraction of sp³-hybridized carbons (Fsp3) is 0.243. The van der Waals surface area contributed by atoms with Crippen molar-refractivity contribution in [2.45, 2.75) is 51.2 Å². The van der Waals surface area contributed by atoms with E-state index < -0.39 is 23.8 Å². The Morgan fingerprint density at radius 3 is 2.25 bits per heavy atom. The zero-order valence-corrected chi connectivity index (χ0v) is 29.2. The molecule has 11 heteroatoms. The van der Waals surface area contributed by atoms with Crippen LogP contribution >= 0.6 is 31.9 Å². The van der Waals surface area contributed by atoms with E-state index in [0.717, 1.165) is 62.2 Å². The summed E-state index contributed by atoms with van der Waals surface area (Å²) in [6.07, 6.45) is -0.117. The molecule has 0 N–H and O–H groups in total. The van der Waals surface area contributed by atoms with Crippen molar-refractivity contribution in [3.8, 4) is 11.3 Å². The summed E-state index contributed by atoms with van der Waals surface area (Å²) in [6, 6.07) is 24.9. The van der Waals surface area contributed by atoms with Crippen LogP contribution in [0.15, 0.2) is 105 Å². The van der Waals surface area contributed by atoms with Gasteiger partial charge in [-0.25, -0.2) is 14.5 Å². The maximum atomic E-state index is 14.4. The summed E-state index contributed by atoms with van der Waals surface area (Å²) in [5.74, 6) is -0.406. The quantitative estimate of drug-likeness (QED) is 0.179. The topological polar surface area (TPSA) is 62.9 Å². The number of halogens is 5. The number of carbonyl (C=O) groups is 1. The molecule has 1 aliphatic heterocycles. The first-order chi connectivity index (χ1) is 23.0. The molecule has 244 valence electrons. The lowest BCUT2D eigenvalue weighted by molar-refractivity contribution is -0.142. The molecule has 0 bridgehead atoms. The zero-order valence-electron chi connectivity index (χ0n) is 26.0. The molecule has 2 atom stereocenters. The summed E-state index contributed by atoms with van der Waals surface area (Å²) < 4.78 is 45.9. The number of benzene rings is 3. The number of aromatic nitrogens is 3. The molecule has 48 heavy (non-hydrogen) atoms. The van der Waals surface area contributed by atoms with Crippen LogP contribution in [0.4, 0.5) is 13.2 Å². The smallest absolute Gasteiger partial charge is 0.265 e. The third-order valence-corrected chi connectivity index (χ3v) is 10.00. The van der Waals surface area contributed by atoms with Gasteiger partial charge in [0.1, 0.15) is 0 Å². The first-order valence-corrected chi connectivity index (χ1v) is 17.3. The van der Waals surface area contributed by atoms with Crippen LogP contribution in [0, 0.1) is 5.92 Å². The number of allylic oxidation sites excluding steroid dienone is 1. The van der Waals surface area contributed by atoms with Crippen molar-refractivity contribution >= 4 is 55.2 Å². The molecule has 1 amide bonds.